The number of hydrogen-bond donors (Lipinski definition) is 0. The van der Waals surface area contributed by atoms with Crippen LogP contribution in [0.2, 0.25) is 0 Å². The first-order valence-corrected chi connectivity index (χ1v) is 5.21. The van der Waals surface area contributed by atoms with Crippen molar-refractivity contribution in [3.8, 4) is 0 Å². The Morgan fingerprint density at radius 3 is 2.56 bits per heavy atom. The fourth-order valence-electron chi connectivity index (χ4n) is 2.38. The normalized spacial score (nSPS) is 28.5. The zero-order chi connectivity index (χ0) is 12.2. The van der Waals surface area contributed by atoms with Crippen LogP contribution in [0.25, 0.3) is 0 Å². The Balaban J connectivity index is 2.96. The number of esters is 2. The van der Waals surface area contributed by atoms with Gasteiger partial charge in [-0.15, -0.1) is 0 Å². The molecule has 0 spiro atoms. The van der Waals surface area contributed by atoms with E-state index < -0.39 is 23.3 Å². The topological polar surface area (TPSA) is 69.7 Å². The fraction of sp³-hybridized carbons (Fsp3) is 0.727. The van der Waals surface area contributed by atoms with Crippen LogP contribution in [0.15, 0.2) is 0 Å². The number of methoxy groups -OCH3 is 2. The first kappa shape index (κ1) is 12.7. The molecule has 2 atom stereocenters. The molecule has 5 nitrogen and oxygen atoms in total. The quantitative estimate of drug-likeness (QED) is 0.523. The summed E-state index contributed by atoms with van der Waals surface area (Å²) in [7, 11) is 2.53. The molecule has 1 saturated carbocycles. The van der Waals surface area contributed by atoms with Gasteiger partial charge in [0.15, 0.2) is 0 Å². The molecule has 16 heavy (non-hydrogen) atoms. The van der Waals surface area contributed by atoms with Crippen molar-refractivity contribution < 1.29 is 23.9 Å². The summed E-state index contributed by atoms with van der Waals surface area (Å²) < 4.78 is 9.27. The van der Waals surface area contributed by atoms with Crippen LogP contribution in [-0.4, -0.2) is 32.4 Å². The van der Waals surface area contributed by atoms with Gasteiger partial charge < -0.3 is 14.3 Å². The number of hydrogen-bond acceptors (Lipinski definition) is 5. The second kappa shape index (κ2) is 5.09. The third-order valence-corrected chi connectivity index (χ3v) is 3.29. The molecule has 0 heterocycles. The lowest BCUT2D eigenvalue weighted by Gasteiger charge is -2.28. The number of rotatable bonds is 4. The van der Waals surface area contributed by atoms with Gasteiger partial charge in [0.2, 0.25) is 0 Å². The molecule has 1 aliphatic rings. The van der Waals surface area contributed by atoms with Gasteiger partial charge in [-0.1, -0.05) is 6.42 Å². The molecule has 1 aliphatic carbocycles. The van der Waals surface area contributed by atoms with Gasteiger partial charge in [-0.2, -0.15) is 0 Å². The maximum Gasteiger partial charge on any atom is 0.313 e. The molecule has 0 aromatic rings. The summed E-state index contributed by atoms with van der Waals surface area (Å²) in [5, 5.41) is 0. The van der Waals surface area contributed by atoms with Crippen molar-refractivity contribution in [3.05, 3.63) is 0 Å². The van der Waals surface area contributed by atoms with E-state index in [-0.39, 0.29) is 6.42 Å². The van der Waals surface area contributed by atoms with E-state index in [2.05, 4.69) is 4.74 Å². The first-order valence-electron chi connectivity index (χ1n) is 5.21. The molecule has 1 rings (SSSR count). The highest BCUT2D eigenvalue weighted by atomic mass is 16.5. The molecule has 5 heteroatoms. The number of ether oxygens (including phenoxy) is 2. The second-order valence-electron chi connectivity index (χ2n) is 4.04. The second-order valence-corrected chi connectivity index (χ2v) is 4.04. The Labute approximate surface area is 94.1 Å². The highest BCUT2D eigenvalue weighted by Crippen LogP contribution is 2.46. The summed E-state index contributed by atoms with van der Waals surface area (Å²) in [6.45, 7) is 0. The molecule has 0 amide bonds. The zero-order valence-corrected chi connectivity index (χ0v) is 9.52. The van der Waals surface area contributed by atoms with E-state index in [0.29, 0.717) is 12.8 Å². The average Bonchev–Trinajstić information content (AvgIpc) is 2.71. The predicted molar refractivity (Wildman–Crippen MR) is 54.5 cm³/mol. The van der Waals surface area contributed by atoms with Crippen molar-refractivity contribution >= 4 is 18.2 Å². The van der Waals surface area contributed by atoms with Crippen LogP contribution in [0.4, 0.5) is 0 Å². The van der Waals surface area contributed by atoms with Crippen molar-refractivity contribution in [2.45, 2.75) is 25.7 Å². The smallest absolute Gasteiger partial charge is 0.313 e. The van der Waals surface area contributed by atoms with Crippen LogP contribution in [0, 0.1) is 11.3 Å². The van der Waals surface area contributed by atoms with Crippen molar-refractivity contribution in [3.63, 3.8) is 0 Å². The lowest BCUT2D eigenvalue weighted by molar-refractivity contribution is -0.162. The van der Waals surface area contributed by atoms with Gasteiger partial charge in [-0.05, 0) is 12.8 Å². The highest BCUT2D eigenvalue weighted by Gasteiger charge is 2.51. The predicted octanol–water partition coefficient (Wildman–Crippen LogP) is 0.708. The van der Waals surface area contributed by atoms with Crippen LogP contribution < -0.4 is 0 Å². The van der Waals surface area contributed by atoms with Gasteiger partial charge in [0, 0.05) is 5.92 Å². The summed E-state index contributed by atoms with van der Waals surface area (Å²) >= 11 is 0. The Morgan fingerprint density at radius 1 is 1.38 bits per heavy atom. The lowest BCUT2D eigenvalue weighted by atomic mass is 9.75. The van der Waals surface area contributed by atoms with Crippen LogP contribution in [0.1, 0.15) is 25.7 Å². The summed E-state index contributed by atoms with van der Waals surface area (Å²) in [5.41, 5.74) is -1.01. The minimum absolute atomic E-state index is 0.0837. The standard InChI is InChI=1S/C11H16O5/c1-15-9(13)6-11(10(14)16-2)5-3-4-8(11)7-12/h7-8H,3-6H2,1-2H3/t8-,11-/m0/s1. The van der Waals surface area contributed by atoms with E-state index >= 15 is 0 Å². The number of aldehydes is 1. The van der Waals surface area contributed by atoms with Crippen LogP contribution in [-0.2, 0) is 23.9 Å². The fourth-order valence-corrected chi connectivity index (χ4v) is 2.38. The molecule has 0 radical (unpaired) electrons. The molecule has 90 valence electrons. The summed E-state index contributed by atoms with van der Waals surface area (Å²) in [6.07, 6.45) is 2.52. The summed E-state index contributed by atoms with van der Waals surface area (Å²) in [4.78, 5) is 34.0. The molecule has 0 aromatic heterocycles. The van der Waals surface area contributed by atoms with Gasteiger partial charge in [0.1, 0.15) is 6.29 Å². The lowest BCUT2D eigenvalue weighted by Crippen LogP contribution is -2.39. The van der Waals surface area contributed by atoms with Crippen molar-refractivity contribution in [2.24, 2.45) is 11.3 Å². The SMILES string of the molecule is COC(=O)C[C@@]1(C(=O)OC)CCC[C@H]1C=O. The largest absolute Gasteiger partial charge is 0.469 e. The van der Waals surface area contributed by atoms with Gasteiger partial charge in [0.25, 0.3) is 0 Å². The third-order valence-electron chi connectivity index (χ3n) is 3.29. The minimum Gasteiger partial charge on any atom is -0.469 e. The molecule has 0 bridgehead atoms. The Kier molecular flexibility index (Phi) is 4.04. The van der Waals surface area contributed by atoms with E-state index in [1.807, 2.05) is 0 Å². The van der Waals surface area contributed by atoms with E-state index in [4.69, 9.17) is 4.74 Å². The zero-order valence-electron chi connectivity index (χ0n) is 9.52. The van der Waals surface area contributed by atoms with E-state index in [1.54, 1.807) is 0 Å². The Morgan fingerprint density at radius 2 is 2.06 bits per heavy atom. The first-order chi connectivity index (χ1) is 7.60. The van der Waals surface area contributed by atoms with Gasteiger partial charge >= 0.3 is 11.9 Å². The van der Waals surface area contributed by atoms with Crippen LogP contribution in [0.3, 0.4) is 0 Å². The van der Waals surface area contributed by atoms with E-state index in [1.165, 1.54) is 14.2 Å². The molecule has 1 fully saturated rings. The molecular weight excluding hydrogens is 212 g/mol. The van der Waals surface area contributed by atoms with Crippen LogP contribution in [0.5, 0.6) is 0 Å². The summed E-state index contributed by atoms with van der Waals surface area (Å²) in [6, 6.07) is 0. The maximum absolute atomic E-state index is 11.8. The van der Waals surface area contributed by atoms with Crippen molar-refractivity contribution in [1.29, 1.82) is 0 Å². The highest BCUT2D eigenvalue weighted by molar-refractivity contribution is 5.87. The number of carbonyl (C=O) groups is 3. The summed E-state index contributed by atoms with van der Waals surface area (Å²) in [5.74, 6) is -1.43. The van der Waals surface area contributed by atoms with E-state index in [0.717, 1.165) is 12.7 Å². The van der Waals surface area contributed by atoms with Crippen molar-refractivity contribution in [2.75, 3.05) is 14.2 Å². The molecule has 0 aromatic carbocycles. The molecule has 0 aliphatic heterocycles. The minimum atomic E-state index is -1.01. The Bertz CT molecular complexity index is 299. The maximum atomic E-state index is 11.8. The number of carbonyl (C=O) groups excluding carboxylic acids is 3. The molecule has 0 N–H and O–H groups in total. The average molecular weight is 228 g/mol. The third kappa shape index (κ3) is 2.08. The van der Waals surface area contributed by atoms with Crippen LogP contribution >= 0.6 is 0 Å². The molecule has 0 saturated heterocycles. The van der Waals surface area contributed by atoms with Gasteiger partial charge in [-0.3, -0.25) is 9.59 Å². The van der Waals surface area contributed by atoms with E-state index in [9.17, 15) is 14.4 Å². The van der Waals surface area contributed by atoms with Gasteiger partial charge in [-0.25, -0.2) is 0 Å². The monoisotopic (exact) mass is 228 g/mol. The van der Waals surface area contributed by atoms with Gasteiger partial charge in [0.05, 0.1) is 26.1 Å². The molecular formula is C11H16O5. The molecule has 0 unspecified atom stereocenters. The Hall–Kier alpha value is -1.39. The van der Waals surface area contributed by atoms with Crippen molar-refractivity contribution in [1.82, 2.24) is 0 Å².